The van der Waals surface area contributed by atoms with E-state index in [4.69, 9.17) is 4.74 Å². The van der Waals surface area contributed by atoms with Crippen molar-refractivity contribution in [2.24, 2.45) is 0 Å². The van der Waals surface area contributed by atoms with Crippen molar-refractivity contribution in [3.63, 3.8) is 0 Å². The molecule has 0 saturated carbocycles. The highest BCUT2D eigenvalue weighted by Crippen LogP contribution is 2.34. The van der Waals surface area contributed by atoms with Crippen LogP contribution in [-0.2, 0) is 9.53 Å². The molecule has 1 aliphatic carbocycles. The quantitative estimate of drug-likeness (QED) is 0.819. The Labute approximate surface area is 128 Å². The van der Waals surface area contributed by atoms with Gasteiger partial charge in [0.1, 0.15) is 12.8 Å². The number of hydrogen-bond acceptors (Lipinski definition) is 5. The van der Waals surface area contributed by atoms with Crippen LogP contribution in [0.15, 0.2) is 42.5 Å². The number of rotatable bonds is 4. The lowest BCUT2D eigenvalue weighted by Gasteiger charge is -2.26. The lowest BCUT2D eigenvalue weighted by atomic mass is 10.0. The first-order valence-electron chi connectivity index (χ1n) is 7.01. The highest BCUT2D eigenvalue weighted by molar-refractivity contribution is 6.01. The fourth-order valence-electron chi connectivity index (χ4n) is 2.58. The van der Waals surface area contributed by atoms with E-state index in [2.05, 4.69) is 10.6 Å². The Balaban J connectivity index is 1.81. The topological polar surface area (TPSA) is 70.7 Å². The van der Waals surface area contributed by atoms with Crippen LogP contribution in [-0.4, -0.2) is 38.2 Å². The Morgan fingerprint density at radius 3 is 3.09 bits per heavy atom. The predicted octanol–water partition coefficient (Wildman–Crippen LogP) is 1.27. The van der Waals surface area contributed by atoms with Crippen molar-refractivity contribution in [3.8, 4) is 0 Å². The van der Waals surface area contributed by atoms with Crippen LogP contribution in [0.25, 0.3) is 0 Å². The van der Waals surface area contributed by atoms with Crippen LogP contribution in [0.5, 0.6) is 0 Å². The van der Waals surface area contributed by atoms with Gasteiger partial charge in [0.15, 0.2) is 5.78 Å². The van der Waals surface area contributed by atoms with Gasteiger partial charge < -0.3 is 20.3 Å². The number of benzene rings is 1. The molecular formula is C16H17N3O3. The molecule has 1 amide bonds. The monoisotopic (exact) mass is 299 g/mol. The summed E-state index contributed by atoms with van der Waals surface area (Å²) in [6, 6.07) is 5.09. The molecule has 0 saturated heterocycles. The van der Waals surface area contributed by atoms with Gasteiger partial charge in [0, 0.05) is 12.7 Å². The molecule has 0 aromatic heterocycles. The molecule has 2 aliphatic rings. The molecule has 0 radical (unpaired) electrons. The number of fused-ring (bicyclic) bond motifs is 1. The normalized spacial score (nSPS) is 19.0. The smallest absolute Gasteiger partial charge is 0.253 e. The fourth-order valence-corrected chi connectivity index (χ4v) is 2.58. The van der Waals surface area contributed by atoms with Crippen molar-refractivity contribution >= 4 is 23.1 Å². The molecule has 2 N–H and O–H groups in total. The van der Waals surface area contributed by atoms with E-state index in [0.29, 0.717) is 12.2 Å². The van der Waals surface area contributed by atoms with E-state index in [0.717, 1.165) is 11.4 Å². The van der Waals surface area contributed by atoms with Crippen LogP contribution in [0.2, 0.25) is 0 Å². The number of methoxy groups -OCH3 is 1. The molecule has 22 heavy (non-hydrogen) atoms. The van der Waals surface area contributed by atoms with E-state index in [1.54, 1.807) is 24.3 Å². The Morgan fingerprint density at radius 2 is 2.32 bits per heavy atom. The number of hydrogen-bond donors (Lipinski definition) is 2. The zero-order valence-electron chi connectivity index (χ0n) is 12.2. The van der Waals surface area contributed by atoms with Gasteiger partial charge >= 0.3 is 0 Å². The molecule has 0 fully saturated rings. The standard InChI is InChI=1S/C16H17N3O3/c1-22-10-18-16(21)11-6-7-13-12(8-11)17-9-19(13)14-4-2-3-5-15(14)20/h2-8,14,17H,9-10H2,1H3,(H,18,21). The minimum absolute atomic E-state index is 0.0547. The third kappa shape index (κ3) is 2.60. The van der Waals surface area contributed by atoms with Crippen LogP contribution in [0, 0.1) is 0 Å². The molecule has 1 aromatic carbocycles. The summed E-state index contributed by atoms with van der Waals surface area (Å²) in [6.45, 7) is 0.705. The molecule has 1 atom stereocenters. The number of allylic oxidation sites excluding steroid dienone is 2. The lowest BCUT2D eigenvalue weighted by Crippen LogP contribution is -2.39. The zero-order valence-corrected chi connectivity index (χ0v) is 12.2. The van der Waals surface area contributed by atoms with E-state index in [1.165, 1.54) is 7.11 Å². The van der Waals surface area contributed by atoms with Crippen LogP contribution in [0.3, 0.4) is 0 Å². The number of carbonyl (C=O) groups is 2. The summed E-state index contributed by atoms with van der Waals surface area (Å²) >= 11 is 0. The van der Waals surface area contributed by atoms with Crippen LogP contribution < -0.4 is 15.5 Å². The van der Waals surface area contributed by atoms with E-state index >= 15 is 0 Å². The number of carbonyl (C=O) groups excluding carboxylic acids is 2. The molecule has 1 heterocycles. The Morgan fingerprint density at radius 1 is 1.45 bits per heavy atom. The molecule has 1 unspecified atom stereocenters. The summed E-state index contributed by atoms with van der Waals surface area (Å²) in [5.41, 5.74) is 2.32. The second kappa shape index (κ2) is 6.03. The van der Waals surface area contributed by atoms with Crippen LogP contribution >= 0.6 is 0 Å². The molecule has 6 nitrogen and oxygen atoms in total. The fraction of sp³-hybridized carbons (Fsp3) is 0.250. The molecule has 114 valence electrons. The average molecular weight is 299 g/mol. The number of amides is 1. The highest BCUT2D eigenvalue weighted by atomic mass is 16.5. The van der Waals surface area contributed by atoms with Gasteiger partial charge in [-0.15, -0.1) is 0 Å². The maximum Gasteiger partial charge on any atom is 0.253 e. The molecule has 1 aliphatic heterocycles. The summed E-state index contributed by atoms with van der Waals surface area (Å²) in [6.07, 6.45) is 7.07. The van der Waals surface area contributed by atoms with Crippen molar-refractivity contribution in [2.75, 3.05) is 30.7 Å². The summed E-state index contributed by atoms with van der Waals surface area (Å²) < 4.78 is 4.83. The first-order chi connectivity index (χ1) is 10.7. The van der Waals surface area contributed by atoms with E-state index < -0.39 is 0 Å². The van der Waals surface area contributed by atoms with Gasteiger partial charge in [-0.3, -0.25) is 9.59 Å². The van der Waals surface area contributed by atoms with E-state index in [9.17, 15) is 9.59 Å². The number of ketones is 1. The minimum atomic E-state index is -0.299. The van der Waals surface area contributed by atoms with Crippen LogP contribution in [0.4, 0.5) is 11.4 Å². The second-order valence-corrected chi connectivity index (χ2v) is 5.07. The van der Waals surface area contributed by atoms with Crippen molar-refractivity contribution < 1.29 is 14.3 Å². The molecule has 0 bridgehead atoms. The van der Waals surface area contributed by atoms with E-state index in [1.807, 2.05) is 23.1 Å². The van der Waals surface area contributed by atoms with E-state index in [-0.39, 0.29) is 24.5 Å². The van der Waals surface area contributed by atoms with Gasteiger partial charge in [-0.2, -0.15) is 0 Å². The average Bonchev–Trinajstić information content (AvgIpc) is 2.96. The second-order valence-electron chi connectivity index (χ2n) is 5.07. The molecule has 6 heteroatoms. The summed E-state index contributed by atoms with van der Waals surface area (Å²) in [5.74, 6) is -0.138. The van der Waals surface area contributed by atoms with Gasteiger partial charge in [-0.1, -0.05) is 18.2 Å². The molecule has 1 aromatic rings. The summed E-state index contributed by atoms with van der Waals surface area (Å²) in [5, 5.41) is 5.87. The maximum absolute atomic E-state index is 12.0. The minimum Gasteiger partial charge on any atom is -0.366 e. The molecular weight excluding hydrogens is 282 g/mol. The third-order valence-corrected chi connectivity index (χ3v) is 3.68. The number of nitrogens with one attached hydrogen (secondary N) is 2. The first-order valence-corrected chi connectivity index (χ1v) is 7.01. The van der Waals surface area contributed by atoms with Crippen molar-refractivity contribution in [2.45, 2.75) is 6.04 Å². The summed E-state index contributed by atoms with van der Waals surface area (Å²) in [4.78, 5) is 25.9. The third-order valence-electron chi connectivity index (χ3n) is 3.68. The summed E-state index contributed by atoms with van der Waals surface area (Å²) in [7, 11) is 1.52. The van der Waals surface area contributed by atoms with Crippen molar-refractivity contribution in [1.82, 2.24) is 5.32 Å². The van der Waals surface area contributed by atoms with Gasteiger partial charge in [0.2, 0.25) is 0 Å². The highest BCUT2D eigenvalue weighted by Gasteiger charge is 2.29. The van der Waals surface area contributed by atoms with Gasteiger partial charge in [0.05, 0.1) is 18.0 Å². The van der Waals surface area contributed by atoms with Gasteiger partial charge in [0.25, 0.3) is 5.91 Å². The zero-order chi connectivity index (χ0) is 15.5. The first kappa shape index (κ1) is 14.3. The van der Waals surface area contributed by atoms with Gasteiger partial charge in [-0.25, -0.2) is 0 Å². The van der Waals surface area contributed by atoms with Crippen molar-refractivity contribution in [1.29, 1.82) is 0 Å². The number of nitrogens with zero attached hydrogens (tertiary/aromatic N) is 1. The SMILES string of the molecule is COCNC(=O)c1ccc2c(c1)NCN2C1C=CC=CC1=O. The number of anilines is 2. The molecule has 0 spiro atoms. The van der Waals surface area contributed by atoms with Gasteiger partial charge in [-0.05, 0) is 24.3 Å². The number of ether oxygens (including phenoxy) is 1. The largest absolute Gasteiger partial charge is 0.366 e. The lowest BCUT2D eigenvalue weighted by molar-refractivity contribution is -0.115. The molecule has 3 rings (SSSR count). The Hall–Kier alpha value is -2.60. The Bertz CT molecular complexity index is 667. The Kier molecular flexibility index (Phi) is 3.93. The predicted molar refractivity (Wildman–Crippen MR) is 83.8 cm³/mol. The van der Waals surface area contributed by atoms with Crippen molar-refractivity contribution in [3.05, 3.63) is 48.1 Å². The maximum atomic E-state index is 12.0. The van der Waals surface area contributed by atoms with Crippen LogP contribution in [0.1, 0.15) is 10.4 Å².